The largest absolute Gasteiger partial charge is 0.352 e. The second-order valence-electron chi connectivity index (χ2n) is 9.45. The molecule has 10 heteroatoms. The zero-order valence-electron chi connectivity index (χ0n) is 22.4. The van der Waals surface area contributed by atoms with Crippen LogP contribution in [0.1, 0.15) is 38.3 Å². The molecule has 1 N–H and O–H groups in total. The summed E-state index contributed by atoms with van der Waals surface area (Å²) in [7, 11) is -4.14. The zero-order valence-corrected chi connectivity index (χ0v) is 25.6. The monoisotopic (exact) mass is 633 g/mol. The highest BCUT2D eigenvalue weighted by atomic mass is 79.9. The summed E-state index contributed by atoms with van der Waals surface area (Å²) < 4.78 is 29.5. The average molecular weight is 635 g/mol. The van der Waals surface area contributed by atoms with Gasteiger partial charge in [0.05, 0.1) is 10.6 Å². The summed E-state index contributed by atoms with van der Waals surface area (Å²) in [6.45, 7) is 7.02. The number of carbonyl (C=O) groups excluding carboxylic acids is 2. The molecule has 0 aliphatic heterocycles. The summed E-state index contributed by atoms with van der Waals surface area (Å²) in [5, 5.41) is 3.32. The first-order valence-corrected chi connectivity index (χ1v) is 15.2. The molecule has 0 fully saturated rings. The number of hydrogen-bond acceptors (Lipinski definition) is 4. The Labute approximate surface area is 244 Å². The summed E-state index contributed by atoms with van der Waals surface area (Å²) in [4.78, 5) is 28.4. The molecule has 0 unspecified atom stereocenters. The van der Waals surface area contributed by atoms with E-state index in [4.69, 9.17) is 11.6 Å². The number of aryl methyl sites for hydroxylation is 1. The molecule has 0 aliphatic carbocycles. The standard InChI is InChI=1S/C29H33BrClN3O4S/c1-5-21(3)32-29(36)22(4)33(18-23-7-6-8-24(30)17-23)28(35)19-34(26-13-9-20(2)10-14-26)39(37,38)27-15-11-25(31)12-16-27/h6-17,21-22H,5,18-19H2,1-4H3,(H,32,36)/t21-,22+/m1/s1. The third-order valence-electron chi connectivity index (χ3n) is 6.41. The molecule has 3 aromatic carbocycles. The molecule has 2 atom stereocenters. The van der Waals surface area contributed by atoms with Crippen LogP contribution in [0.5, 0.6) is 0 Å². The van der Waals surface area contributed by atoms with Crippen LogP contribution < -0.4 is 9.62 Å². The highest BCUT2D eigenvalue weighted by molar-refractivity contribution is 9.10. The Kier molecular flexibility index (Phi) is 10.6. The first-order valence-electron chi connectivity index (χ1n) is 12.6. The van der Waals surface area contributed by atoms with Crippen LogP contribution in [0.4, 0.5) is 5.69 Å². The van der Waals surface area contributed by atoms with Crippen molar-refractivity contribution in [2.24, 2.45) is 0 Å². The van der Waals surface area contributed by atoms with Crippen molar-refractivity contribution < 1.29 is 18.0 Å². The number of halogens is 2. The molecule has 0 bridgehead atoms. The van der Waals surface area contributed by atoms with Crippen LogP contribution in [0.15, 0.2) is 82.2 Å². The molecule has 3 aromatic rings. The van der Waals surface area contributed by atoms with Crippen molar-refractivity contribution in [3.05, 3.63) is 93.4 Å². The molecule has 0 saturated carbocycles. The van der Waals surface area contributed by atoms with Crippen molar-refractivity contribution in [3.63, 3.8) is 0 Å². The SMILES string of the molecule is CC[C@@H](C)NC(=O)[C@H](C)N(Cc1cccc(Br)c1)C(=O)CN(c1ccc(C)cc1)S(=O)(=O)c1ccc(Cl)cc1. The van der Waals surface area contributed by atoms with E-state index in [1.165, 1.54) is 29.2 Å². The van der Waals surface area contributed by atoms with Crippen LogP contribution in [0.2, 0.25) is 5.02 Å². The van der Waals surface area contributed by atoms with Gasteiger partial charge in [-0.3, -0.25) is 13.9 Å². The van der Waals surface area contributed by atoms with E-state index >= 15 is 0 Å². The van der Waals surface area contributed by atoms with E-state index < -0.39 is 28.5 Å². The maximum atomic E-state index is 13.9. The lowest BCUT2D eigenvalue weighted by Crippen LogP contribution is -2.52. The van der Waals surface area contributed by atoms with E-state index in [1.807, 2.05) is 45.0 Å². The number of nitrogens with one attached hydrogen (secondary N) is 1. The van der Waals surface area contributed by atoms with Gasteiger partial charge in [0.15, 0.2) is 0 Å². The van der Waals surface area contributed by atoms with Crippen molar-refractivity contribution in [2.75, 3.05) is 10.8 Å². The Morgan fingerprint density at radius 1 is 1.00 bits per heavy atom. The molecule has 0 aromatic heterocycles. The number of hydrogen-bond donors (Lipinski definition) is 1. The van der Waals surface area contributed by atoms with Crippen LogP contribution in [-0.2, 0) is 26.2 Å². The Bertz CT molecular complexity index is 1400. The Morgan fingerprint density at radius 2 is 1.64 bits per heavy atom. The molecule has 39 heavy (non-hydrogen) atoms. The minimum Gasteiger partial charge on any atom is -0.352 e. The third kappa shape index (κ3) is 8.06. The Balaban J connectivity index is 2.02. The number of nitrogens with zero attached hydrogens (tertiary/aromatic N) is 2. The smallest absolute Gasteiger partial charge is 0.264 e. The summed E-state index contributed by atoms with van der Waals surface area (Å²) in [5.41, 5.74) is 2.08. The third-order valence-corrected chi connectivity index (χ3v) is 8.95. The van der Waals surface area contributed by atoms with Gasteiger partial charge in [0, 0.05) is 22.1 Å². The van der Waals surface area contributed by atoms with E-state index in [0.717, 1.165) is 26.3 Å². The highest BCUT2D eigenvalue weighted by Gasteiger charge is 2.32. The predicted octanol–water partition coefficient (Wildman–Crippen LogP) is 5.94. The van der Waals surface area contributed by atoms with Gasteiger partial charge in [-0.05, 0) is 81.3 Å². The maximum Gasteiger partial charge on any atom is 0.264 e. The summed E-state index contributed by atoms with van der Waals surface area (Å²) in [5.74, 6) is -0.824. The quantitative estimate of drug-likeness (QED) is 0.283. The zero-order chi connectivity index (χ0) is 28.7. The minimum absolute atomic E-state index is 0.00128. The van der Waals surface area contributed by atoms with Gasteiger partial charge in [-0.15, -0.1) is 0 Å². The van der Waals surface area contributed by atoms with E-state index in [-0.39, 0.29) is 23.4 Å². The minimum atomic E-state index is -4.14. The van der Waals surface area contributed by atoms with Crippen LogP contribution in [0, 0.1) is 6.92 Å². The molecule has 0 spiro atoms. The lowest BCUT2D eigenvalue weighted by atomic mass is 10.1. The van der Waals surface area contributed by atoms with E-state index in [0.29, 0.717) is 10.7 Å². The van der Waals surface area contributed by atoms with Gasteiger partial charge in [-0.25, -0.2) is 8.42 Å². The van der Waals surface area contributed by atoms with Crippen LogP contribution in [0.3, 0.4) is 0 Å². The van der Waals surface area contributed by atoms with Crippen molar-refractivity contribution in [1.29, 1.82) is 0 Å². The number of sulfonamides is 1. The normalized spacial score (nSPS) is 12.9. The van der Waals surface area contributed by atoms with Gasteiger partial charge in [-0.2, -0.15) is 0 Å². The number of rotatable bonds is 11. The molecule has 3 rings (SSSR count). The van der Waals surface area contributed by atoms with Crippen LogP contribution >= 0.6 is 27.5 Å². The molecular weight excluding hydrogens is 602 g/mol. The Hall–Kier alpha value is -2.88. The first kappa shape index (κ1) is 30.7. The molecule has 0 saturated heterocycles. The number of amides is 2. The topological polar surface area (TPSA) is 86.8 Å². The van der Waals surface area contributed by atoms with Gasteiger partial charge in [-0.1, -0.05) is 64.3 Å². The summed E-state index contributed by atoms with van der Waals surface area (Å²) in [6.07, 6.45) is 0.735. The maximum absolute atomic E-state index is 13.9. The van der Waals surface area contributed by atoms with Gasteiger partial charge in [0.1, 0.15) is 12.6 Å². The number of benzene rings is 3. The van der Waals surface area contributed by atoms with E-state index in [2.05, 4.69) is 21.2 Å². The summed E-state index contributed by atoms with van der Waals surface area (Å²) in [6, 6.07) is 19.2. The van der Waals surface area contributed by atoms with Crippen LogP contribution in [-0.4, -0.2) is 43.8 Å². The van der Waals surface area contributed by atoms with Crippen molar-refractivity contribution in [1.82, 2.24) is 10.2 Å². The van der Waals surface area contributed by atoms with Crippen LogP contribution in [0.25, 0.3) is 0 Å². The molecule has 0 radical (unpaired) electrons. The fourth-order valence-electron chi connectivity index (χ4n) is 3.85. The molecule has 7 nitrogen and oxygen atoms in total. The summed E-state index contributed by atoms with van der Waals surface area (Å²) >= 11 is 9.44. The average Bonchev–Trinajstić information content (AvgIpc) is 2.90. The van der Waals surface area contributed by atoms with Crippen molar-refractivity contribution in [3.8, 4) is 0 Å². The fraction of sp³-hybridized carbons (Fsp3) is 0.310. The van der Waals surface area contributed by atoms with Crippen molar-refractivity contribution >= 4 is 55.1 Å². The fourth-order valence-corrected chi connectivity index (χ4v) is 5.84. The second kappa shape index (κ2) is 13.5. The van der Waals surface area contributed by atoms with E-state index in [1.54, 1.807) is 31.2 Å². The van der Waals surface area contributed by atoms with Gasteiger partial charge in [0.25, 0.3) is 10.0 Å². The number of anilines is 1. The molecule has 208 valence electrons. The first-order chi connectivity index (χ1) is 18.4. The molecular formula is C29H33BrClN3O4S. The van der Waals surface area contributed by atoms with Gasteiger partial charge >= 0.3 is 0 Å². The predicted molar refractivity (Wildman–Crippen MR) is 159 cm³/mol. The lowest BCUT2D eigenvalue weighted by Gasteiger charge is -2.32. The lowest BCUT2D eigenvalue weighted by molar-refractivity contribution is -0.139. The number of carbonyl (C=O) groups is 2. The molecule has 2 amide bonds. The molecule has 0 heterocycles. The van der Waals surface area contributed by atoms with Gasteiger partial charge < -0.3 is 10.2 Å². The molecule has 0 aliphatic rings. The van der Waals surface area contributed by atoms with Crippen molar-refractivity contribution in [2.45, 2.75) is 57.6 Å². The highest BCUT2D eigenvalue weighted by Crippen LogP contribution is 2.26. The Morgan fingerprint density at radius 3 is 2.23 bits per heavy atom. The van der Waals surface area contributed by atoms with Gasteiger partial charge in [0.2, 0.25) is 11.8 Å². The second-order valence-corrected chi connectivity index (χ2v) is 12.7. The van der Waals surface area contributed by atoms with E-state index in [9.17, 15) is 18.0 Å².